The van der Waals surface area contributed by atoms with Crippen LogP contribution in [0.1, 0.15) is 71.6 Å². The number of rotatable bonds is 2. The highest BCUT2D eigenvalue weighted by atomic mass is 32.2. The Morgan fingerprint density at radius 1 is 1.06 bits per heavy atom. The first-order chi connectivity index (χ1) is 15.3. The van der Waals surface area contributed by atoms with Gasteiger partial charge in [0.1, 0.15) is 5.03 Å². The molecule has 4 aliphatic carbocycles. The van der Waals surface area contributed by atoms with Gasteiger partial charge in [0.25, 0.3) is 0 Å². The lowest BCUT2D eigenvalue weighted by Crippen LogP contribution is -2.65. The van der Waals surface area contributed by atoms with Crippen molar-refractivity contribution < 1.29 is 9.59 Å². The molecule has 0 aromatic carbocycles. The molecule has 1 amide bonds. The second kappa shape index (κ2) is 7.07. The Bertz CT molecular complexity index is 946. The molecule has 1 aliphatic heterocycles. The number of fused-ring (bicyclic) bond motifs is 6. The van der Waals surface area contributed by atoms with E-state index in [1.807, 2.05) is 18.2 Å². The standard InChI is InChI=1S/C27H36N2O2S/c1-25-11-9-19-17(16-27(13-14-27)24-26(19,2)12-10-22(30)29(24)3)18(25)7-8-20(25)23(31)32-21-6-4-5-15-28-21/h4-6,15,17-20,24H,7-14,16H2,1-3H3. The van der Waals surface area contributed by atoms with Gasteiger partial charge in [0, 0.05) is 31.6 Å². The molecule has 5 aliphatic rings. The fraction of sp³-hybridized carbons (Fsp3) is 0.741. The van der Waals surface area contributed by atoms with Crippen LogP contribution < -0.4 is 0 Å². The van der Waals surface area contributed by atoms with Crippen LogP contribution in [-0.2, 0) is 9.59 Å². The van der Waals surface area contributed by atoms with Gasteiger partial charge in [-0.15, -0.1) is 0 Å². The third kappa shape index (κ3) is 2.85. The van der Waals surface area contributed by atoms with Crippen LogP contribution in [0.15, 0.2) is 29.4 Å². The van der Waals surface area contributed by atoms with Crippen molar-refractivity contribution in [3.8, 4) is 0 Å². The second-order valence-corrected chi connectivity index (χ2v) is 13.1. The van der Waals surface area contributed by atoms with E-state index in [9.17, 15) is 9.59 Å². The molecule has 5 fully saturated rings. The van der Waals surface area contributed by atoms with E-state index in [1.54, 1.807) is 6.20 Å². The molecule has 2 heterocycles. The lowest BCUT2D eigenvalue weighted by molar-refractivity contribution is -0.173. The zero-order valence-corrected chi connectivity index (χ0v) is 20.5. The number of hydrogen-bond acceptors (Lipinski definition) is 4. The summed E-state index contributed by atoms with van der Waals surface area (Å²) in [7, 11) is 2.08. The van der Waals surface area contributed by atoms with Gasteiger partial charge in [0.15, 0.2) is 5.12 Å². The summed E-state index contributed by atoms with van der Waals surface area (Å²) in [6, 6.07) is 6.26. The number of pyridine rings is 1. The molecule has 4 nitrogen and oxygen atoms in total. The first kappa shape index (κ1) is 21.2. The Kier molecular flexibility index (Phi) is 4.68. The SMILES string of the molecule is CN1C(=O)CCC2(C)C3CCC4(C)C(C(=O)Sc5ccccn5)CCC4C3CC3(CC3)C12. The molecule has 4 saturated carbocycles. The van der Waals surface area contributed by atoms with Gasteiger partial charge in [-0.25, -0.2) is 4.98 Å². The van der Waals surface area contributed by atoms with Gasteiger partial charge in [-0.1, -0.05) is 19.9 Å². The normalized spacial score (nSPS) is 44.0. The highest BCUT2D eigenvalue weighted by Gasteiger charge is 2.70. The van der Waals surface area contributed by atoms with Gasteiger partial charge in [-0.3, -0.25) is 9.59 Å². The van der Waals surface area contributed by atoms with Gasteiger partial charge in [-0.2, -0.15) is 0 Å². The number of hydrogen-bond donors (Lipinski definition) is 0. The van der Waals surface area contributed by atoms with Crippen molar-refractivity contribution in [3.63, 3.8) is 0 Å². The van der Waals surface area contributed by atoms with Crippen LogP contribution in [0.2, 0.25) is 0 Å². The van der Waals surface area contributed by atoms with Crippen LogP contribution in [0.3, 0.4) is 0 Å². The molecule has 0 N–H and O–H groups in total. The van der Waals surface area contributed by atoms with Crippen LogP contribution in [0.4, 0.5) is 0 Å². The van der Waals surface area contributed by atoms with Crippen molar-refractivity contribution >= 4 is 22.8 Å². The molecule has 0 radical (unpaired) electrons. The minimum absolute atomic E-state index is 0.121. The maximum absolute atomic E-state index is 13.4. The number of aromatic nitrogens is 1. The molecule has 6 rings (SSSR count). The summed E-state index contributed by atoms with van der Waals surface area (Å²) in [5.74, 6) is 2.58. The van der Waals surface area contributed by atoms with Gasteiger partial charge >= 0.3 is 0 Å². The number of likely N-dealkylation sites (tertiary alicyclic amines) is 1. The molecule has 0 bridgehead atoms. The van der Waals surface area contributed by atoms with Gasteiger partial charge in [-0.05, 0) is 109 Å². The van der Waals surface area contributed by atoms with E-state index in [1.165, 1.54) is 43.9 Å². The van der Waals surface area contributed by atoms with Crippen molar-refractivity contribution in [1.29, 1.82) is 0 Å². The molecule has 1 aromatic heterocycles. The third-order valence-corrected chi connectivity index (χ3v) is 11.7. The minimum atomic E-state index is 0.121. The predicted molar refractivity (Wildman–Crippen MR) is 126 cm³/mol. The Labute approximate surface area is 196 Å². The van der Waals surface area contributed by atoms with Crippen molar-refractivity contribution in [2.75, 3.05) is 7.05 Å². The summed E-state index contributed by atoms with van der Waals surface area (Å²) in [6.45, 7) is 4.96. The average Bonchev–Trinajstić information content (AvgIpc) is 3.42. The van der Waals surface area contributed by atoms with E-state index >= 15 is 0 Å². The van der Waals surface area contributed by atoms with E-state index in [0.717, 1.165) is 30.2 Å². The zero-order valence-electron chi connectivity index (χ0n) is 19.7. The van der Waals surface area contributed by atoms with E-state index in [4.69, 9.17) is 0 Å². The fourth-order valence-corrected chi connectivity index (χ4v) is 10.3. The summed E-state index contributed by atoms with van der Waals surface area (Å²) >= 11 is 1.36. The highest BCUT2D eigenvalue weighted by molar-refractivity contribution is 8.13. The van der Waals surface area contributed by atoms with Crippen LogP contribution in [0.5, 0.6) is 0 Å². The summed E-state index contributed by atoms with van der Waals surface area (Å²) in [6.07, 6.45) is 12.0. The quantitative estimate of drug-likeness (QED) is 0.551. The lowest BCUT2D eigenvalue weighted by atomic mass is 9.44. The van der Waals surface area contributed by atoms with E-state index in [-0.39, 0.29) is 16.7 Å². The fourth-order valence-electron chi connectivity index (χ4n) is 9.35. The maximum atomic E-state index is 13.4. The van der Waals surface area contributed by atoms with E-state index < -0.39 is 0 Å². The highest BCUT2D eigenvalue weighted by Crippen LogP contribution is 2.73. The van der Waals surface area contributed by atoms with E-state index in [0.29, 0.717) is 40.7 Å². The molecule has 172 valence electrons. The summed E-state index contributed by atoms with van der Waals surface area (Å²) < 4.78 is 0. The largest absolute Gasteiger partial charge is 0.342 e. The van der Waals surface area contributed by atoms with Gasteiger partial charge in [0.05, 0.1) is 0 Å². The Morgan fingerprint density at radius 2 is 1.84 bits per heavy atom. The minimum Gasteiger partial charge on any atom is -0.342 e. The molecular weight excluding hydrogens is 416 g/mol. The smallest absolute Gasteiger partial charge is 0.222 e. The number of carbonyl (C=O) groups excluding carboxylic acids is 2. The summed E-state index contributed by atoms with van der Waals surface area (Å²) in [5, 5.41) is 1.16. The Balaban J connectivity index is 1.29. The number of amides is 1. The first-order valence-electron chi connectivity index (χ1n) is 12.7. The lowest BCUT2D eigenvalue weighted by Gasteiger charge is -2.64. The predicted octanol–water partition coefficient (Wildman–Crippen LogP) is 5.57. The average molecular weight is 453 g/mol. The second-order valence-electron chi connectivity index (χ2n) is 12.1. The number of nitrogens with zero attached hydrogens (tertiary/aromatic N) is 2. The Hall–Kier alpha value is -1.36. The monoisotopic (exact) mass is 452 g/mol. The maximum Gasteiger partial charge on any atom is 0.222 e. The molecule has 1 aromatic rings. The zero-order chi connectivity index (χ0) is 22.3. The van der Waals surface area contributed by atoms with Crippen LogP contribution in [0, 0.1) is 39.9 Å². The van der Waals surface area contributed by atoms with Crippen LogP contribution in [0.25, 0.3) is 0 Å². The number of piperidine rings is 1. The molecule has 7 atom stereocenters. The summed E-state index contributed by atoms with van der Waals surface area (Å²) in [4.78, 5) is 32.6. The van der Waals surface area contributed by atoms with E-state index in [2.05, 4.69) is 30.8 Å². The molecular formula is C27H36N2O2S. The number of carbonyl (C=O) groups is 2. The number of thioether (sulfide) groups is 1. The molecule has 5 heteroatoms. The molecule has 32 heavy (non-hydrogen) atoms. The Morgan fingerprint density at radius 3 is 2.56 bits per heavy atom. The molecule has 7 unspecified atom stereocenters. The first-order valence-corrected chi connectivity index (χ1v) is 13.5. The van der Waals surface area contributed by atoms with Crippen molar-refractivity contribution in [2.45, 2.75) is 82.7 Å². The molecule has 1 saturated heterocycles. The van der Waals surface area contributed by atoms with Crippen molar-refractivity contribution in [2.24, 2.45) is 39.9 Å². The molecule has 1 spiro atoms. The van der Waals surface area contributed by atoms with Crippen molar-refractivity contribution in [1.82, 2.24) is 9.88 Å². The van der Waals surface area contributed by atoms with Crippen LogP contribution in [-0.4, -0.2) is 34.0 Å². The van der Waals surface area contributed by atoms with Crippen molar-refractivity contribution in [3.05, 3.63) is 24.4 Å². The third-order valence-electron chi connectivity index (χ3n) is 10.8. The topological polar surface area (TPSA) is 50.3 Å². The van der Waals surface area contributed by atoms with Gasteiger partial charge < -0.3 is 4.90 Å². The summed E-state index contributed by atoms with van der Waals surface area (Å²) in [5.41, 5.74) is 0.716. The van der Waals surface area contributed by atoms with Crippen LogP contribution >= 0.6 is 11.8 Å². The van der Waals surface area contributed by atoms with Gasteiger partial charge in [0.2, 0.25) is 5.91 Å².